The molecule has 0 saturated carbocycles. The number of fused-ring (bicyclic) bond motifs is 1. The van der Waals surface area contributed by atoms with Crippen molar-refractivity contribution in [3.05, 3.63) is 95.0 Å². The molecule has 0 saturated heterocycles. The predicted octanol–water partition coefficient (Wildman–Crippen LogP) is 5.40. The summed E-state index contributed by atoms with van der Waals surface area (Å²) in [6.07, 6.45) is 3.18. The number of nitrogens with one attached hydrogen (secondary N) is 1. The average molecular weight is 411 g/mol. The van der Waals surface area contributed by atoms with Gasteiger partial charge in [0.25, 0.3) is 0 Å². The summed E-state index contributed by atoms with van der Waals surface area (Å²) in [5, 5.41) is 12.6. The summed E-state index contributed by atoms with van der Waals surface area (Å²) >= 11 is 1.54. The molecule has 1 heterocycles. The number of rotatable bonds is 6. The molecule has 6 heteroatoms. The molecule has 5 nitrogen and oxygen atoms in total. The maximum Gasteiger partial charge on any atom is 0.248 e. The predicted molar refractivity (Wildman–Crippen MR) is 119 cm³/mol. The zero-order chi connectivity index (χ0) is 20.8. The molecule has 146 valence electrons. The number of thiazole rings is 1. The first-order chi connectivity index (χ1) is 14.7. The van der Waals surface area contributed by atoms with E-state index in [0.29, 0.717) is 23.6 Å². The van der Waals surface area contributed by atoms with Crippen molar-refractivity contribution in [1.82, 2.24) is 4.98 Å². The van der Waals surface area contributed by atoms with E-state index in [1.54, 1.807) is 30.3 Å². The minimum atomic E-state index is -0.242. The molecule has 0 bridgehead atoms. The highest BCUT2D eigenvalue weighted by atomic mass is 32.1. The Hall–Kier alpha value is -3.95. The van der Waals surface area contributed by atoms with E-state index in [4.69, 9.17) is 10.00 Å². The molecule has 0 aliphatic rings. The van der Waals surface area contributed by atoms with Gasteiger partial charge in [-0.2, -0.15) is 5.26 Å². The van der Waals surface area contributed by atoms with Gasteiger partial charge in [-0.1, -0.05) is 30.3 Å². The molecule has 1 amide bonds. The number of anilines is 1. The average Bonchev–Trinajstić information content (AvgIpc) is 3.20. The van der Waals surface area contributed by atoms with Gasteiger partial charge in [-0.25, -0.2) is 4.98 Å². The molecular weight excluding hydrogens is 394 g/mol. The van der Waals surface area contributed by atoms with Crippen LogP contribution < -0.4 is 10.1 Å². The SMILES string of the molecule is N#Cc1cccc(COc2cccc(NC(=O)/C=C/c3nc4ccccc4s3)c2)c1. The fourth-order valence-corrected chi connectivity index (χ4v) is 3.72. The molecular formula is C24H17N3O2S. The molecule has 4 rings (SSSR count). The molecule has 1 aromatic heterocycles. The first kappa shape index (κ1) is 19.4. The lowest BCUT2D eigenvalue weighted by molar-refractivity contribution is -0.111. The zero-order valence-corrected chi connectivity index (χ0v) is 16.7. The van der Waals surface area contributed by atoms with Crippen molar-refractivity contribution in [2.75, 3.05) is 5.32 Å². The first-order valence-corrected chi connectivity index (χ1v) is 10.1. The normalized spacial score (nSPS) is 10.8. The van der Waals surface area contributed by atoms with Gasteiger partial charge in [-0.3, -0.25) is 4.79 Å². The van der Waals surface area contributed by atoms with Crippen LogP contribution in [0.3, 0.4) is 0 Å². The number of hydrogen-bond acceptors (Lipinski definition) is 5. The number of para-hydroxylation sites is 1. The van der Waals surface area contributed by atoms with Crippen LogP contribution in [0.15, 0.2) is 78.9 Å². The molecule has 0 spiro atoms. The first-order valence-electron chi connectivity index (χ1n) is 9.26. The molecule has 1 N–H and O–H groups in total. The van der Waals surface area contributed by atoms with Crippen LogP contribution in [0.4, 0.5) is 5.69 Å². The zero-order valence-electron chi connectivity index (χ0n) is 15.9. The quantitative estimate of drug-likeness (QED) is 0.431. The number of ether oxygens (including phenoxy) is 1. The lowest BCUT2D eigenvalue weighted by atomic mass is 10.1. The van der Waals surface area contributed by atoms with Gasteiger partial charge in [-0.15, -0.1) is 11.3 Å². The van der Waals surface area contributed by atoms with Crippen LogP contribution >= 0.6 is 11.3 Å². The Kier molecular flexibility index (Phi) is 5.83. The van der Waals surface area contributed by atoms with E-state index < -0.39 is 0 Å². The highest BCUT2D eigenvalue weighted by molar-refractivity contribution is 7.19. The smallest absolute Gasteiger partial charge is 0.248 e. The van der Waals surface area contributed by atoms with E-state index >= 15 is 0 Å². The molecule has 4 aromatic rings. The summed E-state index contributed by atoms with van der Waals surface area (Å²) < 4.78 is 6.88. The number of carbonyl (C=O) groups is 1. The second kappa shape index (κ2) is 9.03. The molecule has 0 radical (unpaired) electrons. The van der Waals surface area contributed by atoms with Crippen molar-refractivity contribution in [2.24, 2.45) is 0 Å². The summed E-state index contributed by atoms with van der Waals surface area (Å²) in [6.45, 7) is 0.338. The second-order valence-electron chi connectivity index (χ2n) is 6.47. The Morgan fingerprint density at radius 2 is 1.97 bits per heavy atom. The minimum absolute atomic E-state index is 0.242. The van der Waals surface area contributed by atoms with Crippen LogP contribution in [-0.4, -0.2) is 10.9 Å². The van der Waals surface area contributed by atoms with E-state index in [-0.39, 0.29) is 5.91 Å². The van der Waals surface area contributed by atoms with Crippen molar-refractivity contribution in [3.63, 3.8) is 0 Å². The molecule has 0 aliphatic carbocycles. The van der Waals surface area contributed by atoms with Gasteiger partial charge in [0.15, 0.2) is 0 Å². The highest BCUT2D eigenvalue weighted by Gasteiger charge is 2.04. The van der Waals surface area contributed by atoms with Crippen molar-refractivity contribution < 1.29 is 9.53 Å². The number of hydrogen-bond donors (Lipinski definition) is 1. The van der Waals surface area contributed by atoms with Crippen LogP contribution in [0.25, 0.3) is 16.3 Å². The van der Waals surface area contributed by atoms with Gasteiger partial charge in [0.1, 0.15) is 17.4 Å². The fraction of sp³-hybridized carbons (Fsp3) is 0.0417. The lowest BCUT2D eigenvalue weighted by Gasteiger charge is -2.09. The summed E-state index contributed by atoms with van der Waals surface area (Å²) in [5.41, 5.74) is 3.06. The van der Waals surface area contributed by atoms with Gasteiger partial charge in [0, 0.05) is 17.8 Å². The van der Waals surface area contributed by atoms with Crippen molar-refractivity contribution in [3.8, 4) is 11.8 Å². The van der Waals surface area contributed by atoms with Crippen LogP contribution in [0.1, 0.15) is 16.1 Å². The Labute approximate surface area is 177 Å². The molecule has 0 atom stereocenters. The van der Waals surface area contributed by atoms with Crippen molar-refractivity contribution >= 4 is 39.2 Å². The minimum Gasteiger partial charge on any atom is -0.489 e. The number of carbonyl (C=O) groups excluding carboxylic acids is 1. The molecule has 0 fully saturated rings. The third-order valence-electron chi connectivity index (χ3n) is 4.25. The van der Waals surface area contributed by atoms with Gasteiger partial charge < -0.3 is 10.1 Å². The van der Waals surface area contributed by atoms with Crippen LogP contribution in [0.2, 0.25) is 0 Å². The third kappa shape index (κ3) is 4.90. The number of amides is 1. The third-order valence-corrected chi connectivity index (χ3v) is 5.25. The van der Waals surface area contributed by atoms with Crippen LogP contribution in [0.5, 0.6) is 5.75 Å². The Bertz CT molecular complexity index is 1240. The van der Waals surface area contributed by atoms with Gasteiger partial charge in [0.05, 0.1) is 21.8 Å². The number of aromatic nitrogens is 1. The maximum atomic E-state index is 12.3. The Morgan fingerprint density at radius 3 is 2.83 bits per heavy atom. The largest absolute Gasteiger partial charge is 0.489 e. The Morgan fingerprint density at radius 1 is 1.10 bits per heavy atom. The number of nitrogens with zero attached hydrogens (tertiary/aromatic N) is 2. The summed E-state index contributed by atoms with van der Waals surface area (Å²) in [7, 11) is 0. The topological polar surface area (TPSA) is 75.0 Å². The molecule has 3 aromatic carbocycles. The van der Waals surface area contributed by atoms with Crippen LogP contribution in [0, 0.1) is 11.3 Å². The van der Waals surface area contributed by atoms with E-state index in [0.717, 1.165) is 20.8 Å². The lowest BCUT2D eigenvalue weighted by Crippen LogP contribution is -2.07. The van der Waals surface area contributed by atoms with E-state index in [1.807, 2.05) is 48.5 Å². The summed E-state index contributed by atoms with van der Waals surface area (Å²) in [4.78, 5) is 16.8. The molecule has 30 heavy (non-hydrogen) atoms. The van der Waals surface area contributed by atoms with Gasteiger partial charge in [-0.05, 0) is 48.0 Å². The standard InChI is InChI=1S/C24H17N3O2S/c25-15-17-5-3-6-18(13-17)16-29-20-8-4-7-19(14-20)26-23(28)11-12-24-27-21-9-1-2-10-22(21)30-24/h1-14H,16H2,(H,26,28)/b12-11+. The summed E-state index contributed by atoms with van der Waals surface area (Å²) in [6, 6.07) is 24.4. The van der Waals surface area contributed by atoms with Crippen molar-refractivity contribution in [2.45, 2.75) is 6.61 Å². The fourth-order valence-electron chi connectivity index (χ4n) is 2.85. The van der Waals surface area contributed by atoms with Gasteiger partial charge >= 0.3 is 0 Å². The molecule has 0 aliphatic heterocycles. The Balaban J connectivity index is 1.37. The van der Waals surface area contributed by atoms with Crippen LogP contribution in [-0.2, 0) is 11.4 Å². The van der Waals surface area contributed by atoms with E-state index in [9.17, 15) is 4.79 Å². The number of nitriles is 1. The monoisotopic (exact) mass is 411 g/mol. The van der Waals surface area contributed by atoms with E-state index in [1.165, 1.54) is 17.4 Å². The highest BCUT2D eigenvalue weighted by Crippen LogP contribution is 2.23. The second-order valence-corrected chi connectivity index (χ2v) is 7.53. The van der Waals surface area contributed by atoms with Crippen molar-refractivity contribution in [1.29, 1.82) is 5.26 Å². The number of benzene rings is 3. The van der Waals surface area contributed by atoms with E-state index in [2.05, 4.69) is 16.4 Å². The van der Waals surface area contributed by atoms with Gasteiger partial charge in [0.2, 0.25) is 5.91 Å². The molecule has 0 unspecified atom stereocenters. The summed E-state index contributed by atoms with van der Waals surface area (Å²) in [5.74, 6) is 0.387. The maximum absolute atomic E-state index is 12.3.